The van der Waals surface area contributed by atoms with E-state index in [0.29, 0.717) is 0 Å². The topological polar surface area (TPSA) is 105 Å². The van der Waals surface area contributed by atoms with Crippen LogP contribution in [0.2, 0.25) is 0 Å². The number of hydrogen-bond acceptors (Lipinski definition) is 4. The molecule has 7 nitrogen and oxygen atoms in total. The van der Waals surface area contributed by atoms with Gasteiger partial charge in [-0.2, -0.15) is 0 Å². The molecular formula is C12H18N4O3S2. The van der Waals surface area contributed by atoms with Crippen LogP contribution < -0.4 is 15.8 Å². The van der Waals surface area contributed by atoms with E-state index in [1.807, 2.05) is 0 Å². The number of hydrogen-bond donors (Lipinski definition) is 3. The van der Waals surface area contributed by atoms with Gasteiger partial charge in [-0.3, -0.25) is 0 Å². The molecule has 0 aliphatic rings. The first-order valence-corrected chi connectivity index (χ1v) is 7.98. The van der Waals surface area contributed by atoms with Gasteiger partial charge in [-0.1, -0.05) is 30.4 Å². The van der Waals surface area contributed by atoms with Gasteiger partial charge in [0, 0.05) is 32.7 Å². The average Bonchev–Trinajstić information content (AvgIpc) is 2.43. The van der Waals surface area contributed by atoms with Crippen molar-refractivity contribution in [1.29, 1.82) is 0 Å². The molecule has 0 aliphatic heterocycles. The third-order valence-corrected chi connectivity index (χ3v) is 4.28. The van der Waals surface area contributed by atoms with Crippen LogP contribution in [0, 0.1) is 0 Å². The van der Waals surface area contributed by atoms with Crippen molar-refractivity contribution in [3.8, 4) is 0 Å². The largest absolute Gasteiger partial charge is 0.389 e. The standard InChI is InChI=1S/C12H18N4O3S2/c1-16(2)12(17)14-7-8-15-21(18,19)10-6-4-3-5-9(10)11(13)20/h3-6,15H,7-8H2,1-2H3,(H2,13,20)(H,14,17). The van der Waals surface area contributed by atoms with Crippen molar-refractivity contribution >= 4 is 33.3 Å². The monoisotopic (exact) mass is 330 g/mol. The lowest BCUT2D eigenvalue weighted by Gasteiger charge is -2.13. The van der Waals surface area contributed by atoms with E-state index in [0.717, 1.165) is 0 Å². The number of carbonyl (C=O) groups excluding carboxylic acids is 1. The highest BCUT2D eigenvalue weighted by Gasteiger charge is 2.18. The second kappa shape index (κ2) is 7.34. The second-order valence-electron chi connectivity index (χ2n) is 4.38. The Labute approximate surface area is 129 Å². The third kappa shape index (κ3) is 4.96. The molecule has 116 valence electrons. The molecule has 0 radical (unpaired) electrons. The van der Waals surface area contributed by atoms with E-state index in [-0.39, 0.29) is 34.6 Å². The second-order valence-corrected chi connectivity index (χ2v) is 6.56. The van der Waals surface area contributed by atoms with Crippen LogP contribution >= 0.6 is 12.2 Å². The van der Waals surface area contributed by atoms with Crippen molar-refractivity contribution in [3.63, 3.8) is 0 Å². The molecule has 0 atom stereocenters. The van der Waals surface area contributed by atoms with E-state index in [1.165, 1.54) is 11.0 Å². The van der Waals surface area contributed by atoms with Gasteiger partial charge < -0.3 is 16.0 Å². The zero-order valence-corrected chi connectivity index (χ0v) is 13.4. The molecule has 4 N–H and O–H groups in total. The Morgan fingerprint density at radius 3 is 2.48 bits per heavy atom. The quantitative estimate of drug-likeness (QED) is 0.498. The smallest absolute Gasteiger partial charge is 0.316 e. The number of nitrogens with one attached hydrogen (secondary N) is 2. The molecule has 0 heterocycles. The van der Waals surface area contributed by atoms with Crippen LogP contribution in [0.1, 0.15) is 5.56 Å². The fraction of sp³-hybridized carbons (Fsp3) is 0.333. The first kappa shape index (κ1) is 17.3. The van der Waals surface area contributed by atoms with Gasteiger partial charge >= 0.3 is 6.03 Å². The van der Waals surface area contributed by atoms with Crippen molar-refractivity contribution in [1.82, 2.24) is 14.9 Å². The summed E-state index contributed by atoms with van der Waals surface area (Å²) in [5.41, 5.74) is 5.80. The van der Waals surface area contributed by atoms with Gasteiger partial charge in [0.15, 0.2) is 0 Å². The molecule has 1 aromatic rings. The lowest BCUT2D eigenvalue weighted by Crippen LogP contribution is -2.39. The van der Waals surface area contributed by atoms with E-state index in [9.17, 15) is 13.2 Å². The van der Waals surface area contributed by atoms with Crippen LogP contribution in [-0.2, 0) is 10.0 Å². The third-order valence-electron chi connectivity index (χ3n) is 2.54. The first-order valence-electron chi connectivity index (χ1n) is 6.09. The van der Waals surface area contributed by atoms with Crippen LogP contribution in [0.25, 0.3) is 0 Å². The lowest BCUT2D eigenvalue weighted by atomic mass is 10.2. The fourth-order valence-electron chi connectivity index (χ4n) is 1.50. The van der Waals surface area contributed by atoms with Crippen molar-refractivity contribution in [2.75, 3.05) is 27.2 Å². The predicted molar refractivity (Wildman–Crippen MR) is 84.6 cm³/mol. The van der Waals surface area contributed by atoms with E-state index in [2.05, 4.69) is 10.0 Å². The summed E-state index contributed by atoms with van der Waals surface area (Å²) in [5, 5.41) is 2.55. The van der Waals surface area contributed by atoms with E-state index < -0.39 is 10.0 Å². The van der Waals surface area contributed by atoms with Gasteiger partial charge in [0.05, 0.1) is 4.90 Å². The minimum atomic E-state index is -3.74. The number of amides is 2. The summed E-state index contributed by atoms with van der Waals surface area (Å²) in [6.45, 7) is 0.235. The maximum Gasteiger partial charge on any atom is 0.316 e. The minimum absolute atomic E-state index is 0.0110. The molecule has 0 saturated heterocycles. The Bertz CT molecular complexity index is 629. The Morgan fingerprint density at radius 1 is 1.29 bits per heavy atom. The Balaban J connectivity index is 2.71. The number of rotatable bonds is 6. The summed E-state index contributed by atoms with van der Waals surface area (Å²) in [4.78, 5) is 12.7. The molecule has 1 rings (SSSR count). The summed E-state index contributed by atoms with van der Waals surface area (Å²) < 4.78 is 26.8. The highest BCUT2D eigenvalue weighted by molar-refractivity contribution is 7.89. The predicted octanol–water partition coefficient (Wildman–Crippen LogP) is -0.130. The summed E-state index contributed by atoms with van der Waals surface area (Å²) in [5.74, 6) is 0. The van der Waals surface area contributed by atoms with Crippen molar-refractivity contribution in [3.05, 3.63) is 29.8 Å². The molecule has 21 heavy (non-hydrogen) atoms. The van der Waals surface area contributed by atoms with Gasteiger partial charge in [-0.25, -0.2) is 17.9 Å². The van der Waals surface area contributed by atoms with Crippen molar-refractivity contribution in [2.24, 2.45) is 5.73 Å². The van der Waals surface area contributed by atoms with Crippen LogP contribution in [0.4, 0.5) is 4.79 Å². The summed E-state index contributed by atoms with van der Waals surface area (Å²) in [6.07, 6.45) is 0. The molecule has 2 amide bonds. The van der Waals surface area contributed by atoms with E-state index in [1.54, 1.807) is 32.3 Å². The van der Waals surface area contributed by atoms with Crippen molar-refractivity contribution in [2.45, 2.75) is 4.90 Å². The molecule has 0 aromatic heterocycles. The fourth-order valence-corrected chi connectivity index (χ4v) is 2.99. The van der Waals surface area contributed by atoms with Gasteiger partial charge in [-0.15, -0.1) is 0 Å². The number of nitrogens with zero attached hydrogens (tertiary/aromatic N) is 1. The molecule has 0 saturated carbocycles. The summed E-state index contributed by atoms with van der Waals surface area (Å²) >= 11 is 4.84. The average molecular weight is 330 g/mol. The molecular weight excluding hydrogens is 312 g/mol. The molecule has 0 fully saturated rings. The highest BCUT2D eigenvalue weighted by Crippen LogP contribution is 2.14. The summed E-state index contributed by atoms with van der Waals surface area (Å²) in [7, 11) is -0.546. The number of carbonyl (C=O) groups is 1. The van der Waals surface area contributed by atoms with Crippen LogP contribution in [0.5, 0.6) is 0 Å². The van der Waals surface area contributed by atoms with Crippen LogP contribution in [-0.4, -0.2) is 51.5 Å². The first-order chi connectivity index (χ1) is 9.75. The lowest BCUT2D eigenvalue weighted by molar-refractivity contribution is 0.217. The molecule has 1 aromatic carbocycles. The minimum Gasteiger partial charge on any atom is -0.389 e. The Hall–Kier alpha value is -1.71. The highest BCUT2D eigenvalue weighted by atomic mass is 32.2. The molecule has 9 heteroatoms. The number of sulfonamides is 1. The number of thiocarbonyl (C=S) groups is 1. The zero-order chi connectivity index (χ0) is 16.0. The molecule has 0 spiro atoms. The van der Waals surface area contributed by atoms with Crippen LogP contribution in [0.15, 0.2) is 29.2 Å². The number of nitrogens with two attached hydrogens (primary N) is 1. The van der Waals surface area contributed by atoms with Gasteiger partial charge in [-0.05, 0) is 6.07 Å². The van der Waals surface area contributed by atoms with E-state index >= 15 is 0 Å². The molecule has 0 unspecified atom stereocenters. The number of urea groups is 1. The zero-order valence-electron chi connectivity index (χ0n) is 11.8. The van der Waals surface area contributed by atoms with Crippen molar-refractivity contribution < 1.29 is 13.2 Å². The van der Waals surface area contributed by atoms with Gasteiger partial charge in [0.25, 0.3) is 0 Å². The normalized spacial score (nSPS) is 11.0. The van der Waals surface area contributed by atoms with E-state index in [4.69, 9.17) is 18.0 Å². The Kier molecular flexibility index (Phi) is 6.06. The summed E-state index contributed by atoms with van der Waals surface area (Å²) in [6, 6.07) is 5.92. The van der Waals surface area contributed by atoms with Gasteiger partial charge in [0.1, 0.15) is 4.99 Å². The van der Waals surface area contributed by atoms with Crippen LogP contribution in [0.3, 0.4) is 0 Å². The maximum absolute atomic E-state index is 12.2. The Morgan fingerprint density at radius 2 is 1.90 bits per heavy atom. The molecule has 0 aliphatic carbocycles. The maximum atomic E-state index is 12.2. The molecule has 0 bridgehead atoms. The number of benzene rings is 1. The SMILES string of the molecule is CN(C)C(=O)NCCNS(=O)(=O)c1ccccc1C(N)=S. The van der Waals surface area contributed by atoms with Gasteiger partial charge in [0.2, 0.25) is 10.0 Å².